The summed E-state index contributed by atoms with van der Waals surface area (Å²) in [6.07, 6.45) is 13.3. The zero-order valence-corrected chi connectivity index (χ0v) is 11.3. The molecule has 0 unspecified atom stereocenters. The Kier molecular flexibility index (Phi) is 8.61. The second-order valence-electron chi connectivity index (χ2n) is 4.38. The molecular formula is C16H26. The van der Waals surface area contributed by atoms with E-state index in [2.05, 4.69) is 52.5 Å². The van der Waals surface area contributed by atoms with Crippen molar-refractivity contribution in [2.75, 3.05) is 0 Å². The van der Waals surface area contributed by atoms with Gasteiger partial charge in [0, 0.05) is 0 Å². The average molecular weight is 218 g/mol. The third kappa shape index (κ3) is 8.28. The van der Waals surface area contributed by atoms with Gasteiger partial charge in [0.15, 0.2) is 0 Å². The minimum Gasteiger partial charge on any atom is -0.0988 e. The Labute approximate surface area is 101 Å². The summed E-state index contributed by atoms with van der Waals surface area (Å²) < 4.78 is 0. The van der Waals surface area contributed by atoms with Crippen molar-refractivity contribution in [1.29, 1.82) is 0 Å². The molecule has 0 rings (SSSR count). The monoisotopic (exact) mass is 218 g/mol. The zero-order chi connectivity index (χ0) is 12.4. The van der Waals surface area contributed by atoms with E-state index < -0.39 is 0 Å². The molecule has 0 aliphatic rings. The highest BCUT2D eigenvalue weighted by molar-refractivity contribution is 5.15. The third-order valence-corrected chi connectivity index (χ3v) is 2.82. The van der Waals surface area contributed by atoms with Gasteiger partial charge >= 0.3 is 0 Å². The number of rotatable bonds is 7. The molecule has 0 fully saturated rings. The van der Waals surface area contributed by atoms with Crippen LogP contribution in [0.25, 0.3) is 0 Å². The maximum Gasteiger partial charge on any atom is -0.0161 e. The van der Waals surface area contributed by atoms with Gasteiger partial charge in [-0.25, -0.2) is 0 Å². The fourth-order valence-corrected chi connectivity index (χ4v) is 1.32. The molecule has 0 aliphatic heterocycles. The first-order valence-corrected chi connectivity index (χ1v) is 6.20. The summed E-state index contributed by atoms with van der Waals surface area (Å²) in [5.74, 6) is 0. The molecule has 0 radical (unpaired) electrons. The minimum atomic E-state index is 1.03. The lowest BCUT2D eigenvalue weighted by Gasteiger charge is -1.99. The van der Waals surface area contributed by atoms with E-state index in [1.165, 1.54) is 36.0 Å². The van der Waals surface area contributed by atoms with Gasteiger partial charge in [-0.2, -0.15) is 0 Å². The van der Waals surface area contributed by atoms with Crippen molar-refractivity contribution in [3.05, 3.63) is 47.6 Å². The van der Waals surface area contributed by atoms with E-state index in [4.69, 9.17) is 0 Å². The van der Waals surface area contributed by atoms with Crippen molar-refractivity contribution < 1.29 is 0 Å². The van der Waals surface area contributed by atoms with E-state index >= 15 is 0 Å². The molecule has 90 valence electrons. The second kappa shape index (κ2) is 9.21. The molecular weight excluding hydrogens is 192 g/mol. The number of allylic oxidation sites excluding steroid dienone is 7. The Morgan fingerprint density at radius 3 is 2.25 bits per heavy atom. The van der Waals surface area contributed by atoms with Gasteiger partial charge in [-0.15, -0.1) is 0 Å². The van der Waals surface area contributed by atoms with E-state index in [9.17, 15) is 0 Å². The standard InChI is InChI=1S/C16H26/c1-6-14(3)10-8-12-16(5)13-9-11-15(4)7-2/h6,10-12H,1,7-9,13H2,2-5H3/b14-10+,15-11?,16-12+. The van der Waals surface area contributed by atoms with Gasteiger partial charge in [-0.05, 0) is 46.5 Å². The van der Waals surface area contributed by atoms with Crippen LogP contribution in [0.4, 0.5) is 0 Å². The molecule has 0 aliphatic carbocycles. The highest BCUT2D eigenvalue weighted by Crippen LogP contribution is 2.09. The quantitative estimate of drug-likeness (QED) is 0.386. The Morgan fingerprint density at radius 1 is 1.00 bits per heavy atom. The van der Waals surface area contributed by atoms with Gasteiger partial charge in [-0.1, -0.05) is 54.5 Å². The van der Waals surface area contributed by atoms with Crippen LogP contribution < -0.4 is 0 Å². The summed E-state index contributed by atoms with van der Waals surface area (Å²) >= 11 is 0. The Morgan fingerprint density at radius 2 is 1.69 bits per heavy atom. The summed E-state index contributed by atoms with van der Waals surface area (Å²) in [7, 11) is 0. The maximum absolute atomic E-state index is 3.74. The van der Waals surface area contributed by atoms with Crippen molar-refractivity contribution in [2.24, 2.45) is 0 Å². The van der Waals surface area contributed by atoms with E-state index in [0.717, 1.165) is 6.42 Å². The summed E-state index contributed by atoms with van der Waals surface area (Å²) in [4.78, 5) is 0. The first-order chi connectivity index (χ1) is 7.60. The van der Waals surface area contributed by atoms with Gasteiger partial charge in [-0.3, -0.25) is 0 Å². The Balaban J connectivity index is 3.93. The normalized spacial score (nSPS) is 14.1. The molecule has 0 aromatic carbocycles. The van der Waals surface area contributed by atoms with Crippen LogP contribution in [0, 0.1) is 0 Å². The summed E-state index contributed by atoms with van der Waals surface area (Å²) in [5, 5.41) is 0. The van der Waals surface area contributed by atoms with Gasteiger partial charge in [0.1, 0.15) is 0 Å². The van der Waals surface area contributed by atoms with Crippen molar-refractivity contribution in [1.82, 2.24) is 0 Å². The zero-order valence-electron chi connectivity index (χ0n) is 11.3. The molecule has 0 N–H and O–H groups in total. The van der Waals surface area contributed by atoms with Crippen LogP contribution in [-0.2, 0) is 0 Å². The predicted octanol–water partition coefficient (Wildman–Crippen LogP) is 5.59. The number of hydrogen-bond donors (Lipinski definition) is 0. The van der Waals surface area contributed by atoms with Crippen LogP contribution >= 0.6 is 0 Å². The van der Waals surface area contributed by atoms with Crippen LogP contribution in [0.3, 0.4) is 0 Å². The van der Waals surface area contributed by atoms with E-state index in [1.54, 1.807) is 0 Å². The molecule has 0 amide bonds. The van der Waals surface area contributed by atoms with Crippen LogP contribution in [0.15, 0.2) is 47.6 Å². The largest absolute Gasteiger partial charge is 0.0988 e. The fourth-order valence-electron chi connectivity index (χ4n) is 1.32. The summed E-state index contributed by atoms with van der Waals surface area (Å²) in [6, 6.07) is 0. The molecule has 0 aromatic heterocycles. The van der Waals surface area contributed by atoms with Crippen molar-refractivity contribution >= 4 is 0 Å². The van der Waals surface area contributed by atoms with E-state index in [0.29, 0.717) is 0 Å². The minimum absolute atomic E-state index is 1.03. The van der Waals surface area contributed by atoms with E-state index in [-0.39, 0.29) is 0 Å². The lowest BCUT2D eigenvalue weighted by molar-refractivity contribution is 0.943. The molecule has 16 heavy (non-hydrogen) atoms. The van der Waals surface area contributed by atoms with Crippen LogP contribution in [0.5, 0.6) is 0 Å². The molecule has 0 saturated heterocycles. The first-order valence-electron chi connectivity index (χ1n) is 6.20. The summed E-state index contributed by atoms with van der Waals surface area (Å²) in [6.45, 7) is 12.5. The third-order valence-electron chi connectivity index (χ3n) is 2.82. The maximum atomic E-state index is 3.74. The smallest absolute Gasteiger partial charge is 0.0161 e. The van der Waals surface area contributed by atoms with Gasteiger partial charge in [0.25, 0.3) is 0 Å². The topological polar surface area (TPSA) is 0 Å². The predicted molar refractivity (Wildman–Crippen MR) is 75.6 cm³/mol. The molecule has 0 heteroatoms. The summed E-state index contributed by atoms with van der Waals surface area (Å²) in [5.41, 5.74) is 4.23. The van der Waals surface area contributed by atoms with Crippen molar-refractivity contribution in [2.45, 2.75) is 53.4 Å². The van der Waals surface area contributed by atoms with Crippen LogP contribution in [0.2, 0.25) is 0 Å². The number of hydrogen-bond acceptors (Lipinski definition) is 0. The molecule has 0 heterocycles. The van der Waals surface area contributed by atoms with Gasteiger partial charge < -0.3 is 0 Å². The van der Waals surface area contributed by atoms with E-state index in [1.807, 2.05) is 6.08 Å². The van der Waals surface area contributed by atoms with Crippen molar-refractivity contribution in [3.8, 4) is 0 Å². The Bertz CT molecular complexity index is 287. The molecule has 0 nitrogen and oxygen atoms in total. The molecule has 0 aromatic rings. The van der Waals surface area contributed by atoms with Gasteiger partial charge in [0.2, 0.25) is 0 Å². The lowest BCUT2D eigenvalue weighted by atomic mass is 10.1. The second-order valence-corrected chi connectivity index (χ2v) is 4.38. The fraction of sp³-hybridized carbons (Fsp3) is 0.500. The lowest BCUT2D eigenvalue weighted by Crippen LogP contribution is -1.78. The first kappa shape index (κ1) is 15.0. The highest BCUT2D eigenvalue weighted by atomic mass is 14.0. The van der Waals surface area contributed by atoms with Crippen LogP contribution in [0.1, 0.15) is 53.4 Å². The average Bonchev–Trinajstić information content (AvgIpc) is 2.28. The van der Waals surface area contributed by atoms with Gasteiger partial charge in [0.05, 0.1) is 0 Å². The van der Waals surface area contributed by atoms with Crippen LogP contribution in [-0.4, -0.2) is 0 Å². The molecule has 0 bridgehead atoms. The highest BCUT2D eigenvalue weighted by Gasteiger charge is 1.89. The molecule has 0 saturated carbocycles. The van der Waals surface area contributed by atoms with Crippen molar-refractivity contribution in [3.63, 3.8) is 0 Å². The molecule has 0 atom stereocenters. The SMILES string of the molecule is C=C/C(C)=C/C/C=C(\C)CCC=C(C)CC. The molecule has 0 spiro atoms. The Hall–Kier alpha value is -1.04.